The van der Waals surface area contributed by atoms with Gasteiger partial charge in [-0.2, -0.15) is 0 Å². The van der Waals surface area contributed by atoms with Gasteiger partial charge in [0.25, 0.3) is 0 Å². The highest BCUT2D eigenvalue weighted by Crippen LogP contribution is 1.94. The molecule has 5 N–H and O–H groups in total. The molecule has 0 fully saturated rings. The number of aliphatic hydroxyl groups is 1. The first-order valence-corrected chi connectivity index (χ1v) is 4.36. The zero-order chi connectivity index (χ0) is 11.1. The van der Waals surface area contributed by atoms with Crippen LogP contribution in [0, 0.1) is 0 Å². The van der Waals surface area contributed by atoms with Gasteiger partial charge in [-0.25, -0.2) is 4.79 Å². The minimum absolute atomic E-state index is 0.0000255. The molecule has 1 amide bonds. The van der Waals surface area contributed by atoms with E-state index in [1.165, 1.54) is 0 Å². The summed E-state index contributed by atoms with van der Waals surface area (Å²) in [7, 11) is 0. The molecule has 6 heteroatoms. The summed E-state index contributed by atoms with van der Waals surface area (Å²) in [6.45, 7) is 1.37. The van der Waals surface area contributed by atoms with E-state index in [4.69, 9.17) is 15.9 Å². The number of hydrogen-bond acceptors (Lipinski definition) is 4. The van der Waals surface area contributed by atoms with Crippen LogP contribution in [0.15, 0.2) is 0 Å². The quantitative estimate of drug-likeness (QED) is 0.428. The fourth-order valence-corrected chi connectivity index (χ4v) is 0.932. The van der Waals surface area contributed by atoms with E-state index in [0.29, 0.717) is 0 Å². The van der Waals surface area contributed by atoms with Crippen molar-refractivity contribution in [3.63, 3.8) is 0 Å². The molecule has 0 aliphatic rings. The monoisotopic (exact) mass is 204 g/mol. The zero-order valence-corrected chi connectivity index (χ0v) is 8.06. The molecule has 0 aliphatic carbocycles. The van der Waals surface area contributed by atoms with Crippen molar-refractivity contribution < 1.29 is 19.8 Å². The number of aliphatic hydroxyl groups excluding tert-OH is 1. The number of aliphatic carboxylic acids is 1. The Bertz CT molecular complexity index is 206. The highest BCUT2D eigenvalue weighted by atomic mass is 16.4. The van der Waals surface area contributed by atoms with Crippen molar-refractivity contribution in [1.29, 1.82) is 0 Å². The molecule has 0 saturated carbocycles. The van der Waals surface area contributed by atoms with Crippen molar-refractivity contribution >= 4 is 11.9 Å². The summed E-state index contributed by atoms with van der Waals surface area (Å²) < 4.78 is 0. The lowest BCUT2D eigenvalue weighted by molar-refractivity contribution is -0.142. The van der Waals surface area contributed by atoms with Crippen LogP contribution < -0.4 is 11.1 Å². The van der Waals surface area contributed by atoms with Crippen LogP contribution in [0.3, 0.4) is 0 Å². The summed E-state index contributed by atoms with van der Waals surface area (Å²) in [5.74, 6) is -1.57. The topological polar surface area (TPSA) is 113 Å². The molecule has 6 nitrogen and oxygen atoms in total. The number of carboxylic acids is 1. The Balaban J connectivity index is 4.02. The second-order valence-corrected chi connectivity index (χ2v) is 3.15. The average Bonchev–Trinajstić information content (AvgIpc) is 2.01. The number of amides is 1. The van der Waals surface area contributed by atoms with Crippen molar-refractivity contribution in [2.24, 2.45) is 5.73 Å². The predicted molar refractivity (Wildman–Crippen MR) is 49.5 cm³/mol. The van der Waals surface area contributed by atoms with Crippen molar-refractivity contribution in [2.45, 2.75) is 31.8 Å². The lowest BCUT2D eigenvalue weighted by Crippen LogP contribution is -2.42. The summed E-state index contributed by atoms with van der Waals surface area (Å²) in [4.78, 5) is 21.7. The van der Waals surface area contributed by atoms with Gasteiger partial charge in [0.15, 0.2) is 0 Å². The first kappa shape index (κ1) is 12.9. The highest BCUT2D eigenvalue weighted by Gasteiger charge is 2.19. The maximum atomic E-state index is 11.1. The van der Waals surface area contributed by atoms with Gasteiger partial charge in [0.1, 0.15) is 6.04 Å². The first-order valence-electron chi connectivity index (χ1n) is 4.36. The fraction of sp³-hybridized carbons (Fsp3) is 0.750. The maximum Gasteiger partial charge on any atom is 0.326 e. The molecule has 0 aromatic carbocycles. The Morgan fingerprint density at radius 3 is 2.43 bits per heavy atom. The second kappa shape index (κ2) is 6.33. The van der Waals surface area contributed by atoms with Gasteiger partial charge in [-0.3, -0.25) is 4.79 Å². The highest BCUT2D eigenvalue weighted by molar-refractivity contribution is 5.83. The van der Waals surface area contributed by atoms with Crippen LogP contribution in [0.1, 0.15) is 19.8 Å². The van der Waals surface area contributed by atoms with Crippen LogP contribution in [0.2, 0.25) is 0 Å². The molecule has 0 bridgehead atoms. The molecule has 0 radical (unpaired) electrons. The summed E-state index contributed by atoms with van der Waals surface area (Å²) >= 11 is 0. The molecule has 0 spiro atoms. The molecule has 0 aromatic heterocycles. The Labute approximate surface area is 82.1 Å². The third kappa shape index (κ3) is 5.50. The van der Waals surface area contributed by atoms with Crippen molar-refractivity contribution in [2.75, 3.05) is 6.61 Å². The SMILES string of the molecule is CC(N)CC(=O)N[C@@H](CCO)C(=O)O. The van der Waals surface area contributed by atoms with Crippen LogP contribution in [0.25, 0.3) is 0 Å². The molecule has 2 atom stereocenters. The molecular weight excluding hydrogens is 188 g/mol. The predicted octanol–water partition coefficient (Wildman–Crippen LogP) is -1.32. The Morgan fingerprint density at radius 1 is 1.50 bits per heavy atom. The van der Waals surface area contributed by atoms with Crippen LogP contribution >= 0.6 is 0 Å². The largest absolute Gasteiger partial charge is 0.480 e. The summed E-state index contributed by atoms with van der Waals surface area (Å²) in [5.41, 5.74) is 5.36. The molecule has 1 unspecified atom stereocenters. The molecule has 14 heavy (non-hydrogen) atoms. The third-order valence-electron chi connectivity index (χ3n) is 1.56. The normalized spacial score (nSPS) is 14.5. The molecule has 0 aromatic rings. The average molecular weight is 204 g/mol. The standard InChI is InChI=1S/C8H16N2O4/c1-5(9)4-7(12)10-6(2-3-11)8(13)14/h5-6,11H,2-4,9H2,1H3,(H,10,12)(H,13,14)/t5?,6-/m0/s1. The van der Waals surface area contributed by atoms with Gasteiger partial charge in [0.2, 0.25) is 5.91 Å². The van der Waals surface area contributed by atoms with E-state index in [9.17, 15) is 9.59 Å². The zero-order valence-electron chi connectivity index (χ0n) is 8.06. The summed E-state index contributed by atoms with van der Waals surface area (Å²) in [5, 5.41) is 19.4. The number of hydrogen-bond donors (Lipinski definition) is 4. The van der Waals surface area contributed by atoms with E-state index >= 15 is 0 Å². The Hall–Kier alpha value is -1.14. The summed E-state index contributed by atoms with van der Waals surface area (Å²) in [6.07, 6.45) is 0.0786. The maximum absolute atomic E-state index is 11.1. The van der Waals surface area contributed by atoms with Crippen LogP contribution in [-0.2, 0) is 9.59 Å². The molecule has 0 heterocycles. The van der Waals surface area contributed by atoms with E-state index in [1.807, 2.05) is 0 Å². The van der Waals surface area contributed by atoms with Gasteiger partial charge >= 0.3 is 5.97 Å². The lowest BCUT2D eigenvalue weighted by Gasteiger charge is -2.13. The fourth-order valence-electron chi connectivity index (χ4n) is 0.932. The van der Waals surface area contributed by atoms with E-state index in [0.717, 1.165) is 0 Å². The number of nitrogens with two attached hydrogens (primary N) is 1. The van der Waals surface area contributed by atoms with E-state index in [-0.39, 0.29) is 25.5 Å². The minimum Gasteiger partial charge on any atom is -0.480 e. The number of nitrogens with one attached hydrogen (secondary N) is 1. The molecule has 82 valence electrons. The van der Waals surface area contributed by atoms with Crippen molar-refractivity contribution in [1.82, 2.24) is 5.32 Å². The van der Waals surface area contributed by atoms with Crippen molar-refractivity contribution in [3.05, 3.63) is 0 Å². The van der Waals surface area contributed by atoms with Gasteiger partial charge in [-0.1, -0.05) is 0 Å². The molecule has 0 saturated heterocycles. The number of carboxylic acid groups (broad SMARTS) is 1. The van der Waals surface area contributed by atoms with E-state index in [1.54, 1.807) is 6.92 Å². The first-order chi connectivity index (χ1) is 6.47. The van der Waals surface area contributed by atoms with Gasteiger partial charge in [0, 0.05) is 25.5 Å². The van der Waals surface area contributed by atoms with E-state index < -0.39 is 17.9 Å². The van der Waals surface area contributed by atoms with Crippen LogP contribution in [-0.4, -0.2) is 40.8 Å². The smallest absolute Gasteiger partial charge is 0.326 e. The summed E-state index contributed by atoms with van der Waals surface area (Å²) in [6, 6.07) is -1.34. The van der Waals surface area contributed by atoms with Crippen LogP contribution in [0.5, 0.6) is 0 Å². The lowest BCUT2D eigenvalue weighted by atomic mass is 10.2. The third-order valence-corrected chi connectivity index (χ3v) is 1.56. The van der Waals surface area contributed by atoms with Gasteiger partial charge < -0.3 is 21.3 Å². The van der Waals surface area contributed by atoms with Crippen LogP contribution in [0.4, 0.5) is 0 Å². The van der Waals surface area contributed by atoms with Crippen molar-refractivity contribution in [3.8, 4) is 0 Å². The second-order valence-electron chi connectivity index (χ2n) is 3.15. The minimum atomic E-state index is -1.16. The van der Waals surface area contributed by atoms with E-state index in [2.05, 4.69) is 5.32 Å². The Kier molecular flexibility index (Phi) is 5.82. The molecule has 0 rings (SSSR count). The Morgan fingerprint density at radius 2 is 2.07 bits per heavy atom. The van der Waals surface area contributed by atoms with Gasteiger partial charge in [-0.05, 0) is 6.92 Å². The molecular formula is C8H16N2O4. The van der Waals surface area contributed by atoms with Gasteiger partial charge in [-0.15, -0.1) is 0 Å². The number of carbonyl (C=O) groups is 2. The number of rotatable bonds is 6. The van der Waals surface area contributed by atoms with Gasteiger partial charge in [0.05, 0.1) is 0 Å². The number of carbonyl (C=O) groups excluding carboxylic acids is 1. The molecule has 0 aliphatic heterocycles.